The molecule has 0 radical (unpaired) electrons. The third-order valence-electron chi connectivity index (χ3n) is 5.11. The molecule has 0 unspecified atom stereocenters. The van der Waals surface area contributed by atoms with E-state index >= 15 is 0 Å². The lowest BCUT2D eigenvalue weighted by molar-refractivity contribution is -0.137. The van der Waals surface area contributed by atoms with E-state index in [1.165, 1.54) is 6.07 Å². The molecule has 0 heterocycles. The summed E-state index contributed by atoms with van der Waals surface area (Å²) in [6, 6.07) is 3.17. The lowest BCUT2D eigenvalue weighted by atomic mass is 9.86. The SMILES string of the molecule is CC(C)(C)OC(=O)NCCNC1CCC(CNC(=O)c2cc(Cl)cc(C(F)(F)F)c2)CC1. The molecule has 2 rings (SSSR count). The zero-order valence-electron chi connectivity index (χ0n) is 18.6. The smallest absolute Gasteiger partial charge is 0.416 e. The van der Waals surface area contributed by atoms with E-state index in [-0.39, 0.29) is 16.5 Å². The number of rotatable bonds is 7. The van der Waals surface area contributed by atoms with Crippen molar-refractivity contribution in [2.45, 2.75) is 64.3 Å². The Hall–Kier alpha value is -2.00. The van der Waals surface area contributed by atoms with Crippen LogP contribution in [0.4, 0.5) is 18.0 Å². The van der Waals surface area contributed by atoms with Gasteiger partial charge in [-0.3, -0.25) is 4.79 Å². The van der Waals surface area contributed by atoms with Crippen LogP contribution < -0.4 is 16.0 Å². The summed E-state index contributed by atoms with van der Waals surface area (Å²) in [5.41, 5.74) is -1.57. The van der Waals surface area contributed by atoms with Gasteiger partial charge in [-0.15, -0.1) is 0 Å². The van der Waals surface area contributed by atoms with E-state index in [1.54, 1.807) is 20.8 Å². The first kappa shape index (κ1) is 26.3. The number of amides is 2. The molecule has 0 saturated heterocycles. The monoisotopic (exact) mass is 477 g/mol. The molecule has 0 aliphatic heterocycles. The van der Waals surface area contributed by atoms with Crippen molar-refractivity contribution in [3.8, 4) is 0 Å². The molecule has 1 aliphatic rings. The minimum Gasteiger partial charge on any atom is -0.444 e. The van der Waals surface area contributed by atoms with E-state index in [4.69, 9.17) is 16.3 Å². The maximum absolute atomic E-state index is 12.9. The summed E-state index contributed by atoms with van der Waals surface area (Å²) < 4.78 is 43.9. The first-order valence-electron chi connectivity index (χ1n) is 10.7. The molecule has 1 saturated carbocycles. The molecular weight excluding hydrogens is 447 g/mol. The zero-order chi connectivity index (χ0) is 23.9. The highest BCUT2D eigenvalue weighted by Crippen LogP contribution is 2.32. The van der Waals surface area contributed by atoms with Crippen LogP contribution in [0, 0.1) is 5.92 Å². The van der Waals surface area contributed by atoms with Crippen LogP contribution in [0.2, 0.25) is 5.02 Å². The van der Waals surface area contributed by atoms with Crippen LogP contribution in [-0.2, 0) is 10.9 Å². The van der Waals surface area contributed by atoms with Gasteiger partial charge in [-0.25, -0.2) is 4.79 Å². The lowest BCUT2D eigenvalue weighted by Crippen LogP contribution is -2.41. The van der Waals surface area contributed by atoms with Gasteiger partial charge in [-0.1, -0.05) is 11.6 Å². The quantitative estimate of drug-likeness (QED) is 0.495. The summed E-state index contributed by atoms with van der Waals surface area (Å²) in [6.45, 7) is 6.91. The summed E-state index contributed by atoms with van der Waals surface area (Å²) in [4.78, 5) is 23.9. The molecule has 1 fully saturated rings. The topological polar surface area (TPSA) is 79.5 Å². The Bertz CT molecular complexity index is 789. The Morgan fingerprint density at radius 1 is 1.03 bits per heavy atom. The molecule has 180 valence electrons. The summed E-state index contributed by atoms with van der Waals surface area (Å²) in [5.74, 6) is -0.301. The van der Waals surface area contributed by atoms with Gasteiger partial charge in [0.2, 0.25) is 0 Å². The maximum atomic E-state index is 12.9. The Kier molecular flexibility index (Phi) is 9.21. The highest BCUT2D eigenvalue weighted by Gasteiger charge is 2.32. The number of benzene rings is 1. The van der Waals surface area contributed by atoms with E-state index in [0.717, 1.165) is 37.8 Å². The molecule has 32 heavy (non-hydrogen) atoms. The molecule has 0 atom stereocenters. The van der Waals surface area contributed by atoms with Crippen LogP contribution in [-0.4, -0.2) is 43.3 Å². The molecule has 1 aromatic rings. The fraction of sp³-hybridized carbons (Fsp3) is 0.636. The Morgan fingerprint density at radius 3 is 2.28 bits per heavy atom. The fourth-order valence-corrected chi connectivity index (χ4v) is 3.78. The van der Waals surface area contributed by atoms with Crippen molar-refractivity contribution in [3.63, 3.8) is 0 Å². The minimum absolute atomic E-state index is 0.0994. The van der Waals surface area contributed by atoms with Crippen molar-refractivity contribution < 1.29 is 27.5 Å². The van der Waals surface area contributed by atoms with Crippen LogP contribution in [0.3, 0.4) is 0 Å². The Morgan fingerprint density at radius 2 is 1.69 bits per heavy atom. The van der Waals surface area contributed by atoms with Crippen LogP contribution >= 0.6 is 11.6 Å². The summed E-state index contributed by atoms with van der Waals surface area (Å²) >= 11 is 5.75. The molecule has 10 heteroatoms. The lowest BCUT2D eigenvalue weighted by Gasteiger charge is -2.29. The van der Waals surface area contributed by atoms with Crippen molar-refractivity contribution >= 4 is 23.6 Å². The highest BCUT2D eigenvalue weighted by molar-refractivity contribution is 6.31. The number of carbonyl (C=O) groups excluding carboxylic acids is 2. The zero-order valence-corrected chi connectivity index (χ0v) is 19.3. The molecule has 1 aromatic carbocycles. The number of halogens is 4. The molecule has 0 spiro atoms. The standard InChI is InChI=1S/C22H31ClF3N3O3/c1-21(2,3)32-20(31)28-9-8-27-18-6-4-14(5-7-18)13-29-19(30)15-10-16(22(24,25)26)12-17(23)11-15/h10-12,14,18,27H,4-9,13H2,1-3H3,(H,28,31)(H,29,30). The van der Waals surface area contributed by atoms with Crippen molar-refractivity contribution in [1.29, 1.82) is 0 Å². The van der Waals surface area contributed by atoms with Crippen molar-refractivity contribution in [1.82, 2.24) is 16.0 Å². The van der Waals surface area contributed by atoms with Crippen LogP contribution in [0.25, 0.3) is 0 Å². The van der Waals surface area contributed by atoms with Gasteiger partial charge in [0.05, 0.1) is 5.56 Å². The van der Waals surface area contributed by atoms with Gasteiger partial charge >= 0.3 is 12.3 Å². The van der Waals surface area contributed by atoms with Gasteiger partial charge in [0, 0.05) is 36.3 Å². The van der Waals surface area contributed by atoms with Crippen molar-refractivity contribution in [3.05, 3.63) is 34.3 Å². The summed E-state index contributed by atoms with van der Waals surface area (Å²) in [7, 11) is 0. The van der Waals surface area contributed by atoms with Crippen molar-refractivity contribution in [2.24, 2.45) is 5.92 Å². The Labute approximate surface area is 191 Å². The van der Waals surface area contributed by atoms with Gasteiger partial charge in [-0.2, -0.15) is 13.2 Å². The third-order valence-corrected chi connectivity index (χ3v) is 5.33. The van der Waals surface area contributed by atoms with E-state index in [0.29, 0.717) is 25.7 Å². The van der Waals surface area contributed by atoms with E-state index in [2.05, 4.69) is 16.0 Å². The number of carbonyl (C=O) groups is 2. The number of nitrogens with one attached hydrogen (secondary N) is 3. The fourth-order valence-electron chi connectivity index (χ4n) is 3.55. The third kappa shape index (κ3) is 9.24. The number of hydrogen-bond acceptors (Lipinski definition) is 4. The number of ether oxygens (including phenoxy) is 1. The maximum Gasteiger partial charge on any atom is 0.416 e. The number of alkyl halides is 3. The van der Waals surface area contributed by atoms with Crippen LogP contribution in [0.1, 0.15) is 62.4 Å². The van der Waals surface area contributed by atoms with E-state index < -0.39 is 29.3 Å². The van der Waals surface area contributed by atoms with Gasteiger partial charge < -0.3 is 20.7 Å². The summed E-state index contributed by atoms with van der Waals surface area (Å²) in [6.07, 6.45) is -1.39. The molecule has 2 amide bonds. The van der Waals surface area contributed by atoms with Gasteiger partial charge in [0.15, 0.2) is 0 Å². The first-order valence-corrected chi connectivity index (χ1v) is 11.1. The van der Waals surface area contributed by atoms with Gasteiger partial charge in [0.1, 0.15) is 5.60 Å². The van der Waals surface area contributed by atoms with Crippen LogP contribution in [0.5, 0.6) is 0 Å². The molecule has 6 nitrogen and oxygen atoms in total. The average molecular weight is 478 g/mol. The second-order valence-electron chi connectivity index (χ2n) is 9.04. The molecule has 3 N–H and O–H groups in total. The molecular formula is C22H31ClF3N3O3. The minimum atomic E-state index is -4.56. The van der Waals surface area contributed by atoms with Gasteiger partial charge in [0.25, 0.3) is 5.91 Å². The number of alkyl carbamates (subject to hydrolysis) is 1. The largest absolute Gasteiger partial charge is 0.444 e. The van der Waals surface area contributed by atoms with E-state index in [9.17, 15) is 22.8 Å². The predicted octanol–water partition coefficient (Wildman–Crippen LogP) is 4.76. The summed E-state index contributed by atoms with van der Waals surface area (Å²) in [5, 5.41) is 8.70. The van der Waals surface area contributed by atoms with Crippen LogP contribution in [0.15, 0.2) is 18.2 Å². The first-order chi connectivity index (χ1) is 14.8. The molecule has 0 bridgehead atoms. The normalized spacial score (nSPS) is 19.3. The number of hydrogen-bond donors (Lipinski definition) is 3. The van der Waals surface area contributed by atoms with Gasteiger partial charge in [-0.05, 0) is 70.6 Å². The second kappa shape index (κ2) is 11.2. The average Bonchev–Trinajstić information content (AvgIpc) is 2.68. The highest BCUT2D eigenvalue weighted by atomic mass is 35.5. The predicted molar refractivity (Wildman–Crippen MR) is 117 cm³/mol. The molecule has 1 aliphatic carbocycles. The second-order valence-corrected chi connectivity index (χ2v) is 9.47. The van der Waals surface area contributed by atoms with Crippen molar-refractivity contribution in [2.75, 3.05) is 19.6 Å². The van der Waals surface area contributed by atoms with E-state index in [1.807, 2.05) is 0 Å². The molecule has 0 aromatic heterocycles. The Balaban J connectivity index is 1.68.